The maximum Gasteiger partial charge on any atom is 0.387 e. The molecule has 1 amide bonds. The van der Waals surface area contributed by atoms with Crippen LogP contribution in [-0.4, -0.2) is 32.4 Å². The first-order chi connectivity index (χ1) is 16.0. The standard InChI is InChI=1S/C24H19F2N3O4/c1-31-22-12-17(4-11-21(22)33-24(25)26)14-28-29-23(30)15-32-20-9-7-19(8-10-20)18-5-2-16(13-27)3-6-18/h2-12,14,24H,15H2,1H3,(H,29,30)/b28-14+. The molecular formula is C24H19F2N3O4. The molecule has 0 heterocycles. The number of ether oxygens (including phenoxy) is 3. The van der Waals surface area contributed by atoms with Crippen LogP contribution in [0, 0.1) is 11.3 Å². The third-order valence-electron chi connectivity index (χ3n) is 4.38. The van der Waals surface area contributed by atoms with Gasteiger partial charge in [-0.2, -0.15) is 19.1 Å². The van der Waals surface area contributed by atoms with Crippen LogP contribution in [0.25, 0.3) is 11.1 Å². The molecule has 7 nitrogen and oxygen atoms in total. The summed E-state index contributed by atoms with van der Waals surface area (Å²) in [7, 11) is 1.32. The average molecular weight is 451 g/mol. The zero-order valence-electron chi connectivity index (χ0n) is 17.5. The maximum absolute atomic E-state index is 12.4. The molecule has 3 aromatic carbocycles. The summed E-state index contributed by atoms with van der Waals surface area (Å²) in [4.78, 5) is 11.9. The number of halogens is 2. The SMILES string of the molecule is COc1cc(/C=N/NC(=O)COc2ccc(-c3ccc(C#N)cc3)cc2)ccc1OC(F)F. The predicted molar refractivity (Wildman–Crippen MR) is 117 cm³/mol. The van der Waals surface area contributed by atoms with Gasteiger partial charge in [0.2, 0.25) is 0 Å². The highest BCUT2D eigenvalue weighted by Crippen LogP contribution is 2.29. The van der Waals surface area contributed by atoms with E-state index in [1.165, 1.54) is 31.5 Å². The van der Waals surface area contributed by atoms with Crippen LogP contribution in [0.1, 0.15) is 11.1 Å². The molecule has 0 unspecified atom stereocenters. The average Bonchev–Trinajstić information content (AvgIpc) is 2.83. The summed E-state index contributed by atoms with van der Waals surface area (Å²) in [5, 5.41) is 12.7. The second-order valence-electron chi connectivity index (χ2n) is 6.58. The summed E-state index contributed by atoms with van der Waals surface area (Å²) >= 11 is 0. The van der Waals surface area contributed by atoms with E-state index in [1.54, 1.807) is 24.3 Å². The quantitative estimate of drug-likeness (QED) is 0.385. The van der Waals surface area contributed by atoms with Crippen molar-refractivity contribution in [2.45, 2.75) is 6.61 Å². The lowest BCUT2D eigenvalue weighted by atomic mass is 10.0. The Bertz CT molecular complexity index is 1160. The summed E-state index contributed by atoms with van der Waals surface area (Å²) in [5.41, 5.74) is 5.32. The number of nitriles is 1. The number of nitrogens with one attached hydrogen (secondary N) is 1. The minimum Gasteiger partial charge on any atom is -0.493 e. The van der Waals surface area contributed by atoms with Crippen molar-refractivity contribution < 1.29 is 27.8 Å². The largest absolute Gasteiger partial charge is 0.493 e. The van der Waals surface area contributed by atoms with Crippen molar-refractivity contribution in [3.63, 3.8) is 0 Å². The predicted octanol–water partition coefficient (Wildman–Crippen LogP) is 4.36. The van der Waals surface area contributed by atoms with Crippen molar-refractivity contribution in [3.05, 3.63) is 77.9 Å². The third-order valence-corrected chi connectivity index (χ3v) is 4.38. The van der Waals surface area contributed by atoms with Gasteiger partial charge in [-0.15, -0.1) is 0 Å². The number of methoxy groups -OCH3 is 1. The van der Waals surface area contributed by atoms with Crippen LogP contribution in [0.15, 0.2) is 71.8 Å². The molecule has 3 rings (SSSR count). The van der Waals surface area contributed by atoms with Crippen LogP contribution in [0.2, 0.25) is 0 Å². The van der Waals surface area contributed by atoms with Gasteiger partial charge in [-0.05, 0) is 59.2 Å². The van der Waals surface area contributed by atoms with Crippen molar-refractivity contribution in [3.8, 4) is 34.4 Å². The molecule has 0 spiro atoms. The van der Waals surface area contributed by atoms with Gasteiger partial charge >= 0.3 is 6.61 Å². The Labute approximate surface area is 188 Å². The fourth-order valence-corrected chi connectivity index (χ4v) is 2.80. The minimum absolute atomic E-state index is 0.104. The highest BCUT2D eigenvalue weighted by atomic mass is 19.3. The summed E-state index contributed by atoms with van der Waals surface area (Å²) in [5.74, 6) is 0.0311. The summed E-state index contributed by atoms with van der Waals surface area (Å²) in [6, 6.07) is 20.7. The van der Waals surface area contributed by atoms with Gasteiger partial charge in [-0.1, -0.05) is 24.3 Å². The number of carbonyl (C=O) groups is 1. The van der Waals surface area contributed by atoms with Crippen molar-refractivity contribution in [1.29, 1.82) is 5.26 Å². The number of hydrazone groups is 1. The van der Waals surface area contributed by atoms with Crippen LogP contribution in [0.3, 0.4) is 0 Å². The van der Waals surface area contributed by atoms with Crippen LogP contribution < -0.4 is 19.6 Å². The molecular weight excluding hydrogens is 432 g/mol. The molecule has 0 aliphatic heterocycles. The molecule has 3 aromatic rings. The molecule has 0 aliphatic rings. The first-order valence-electron chi connectivity index (χ1n) is 9.66. The number of amides is 1. The molecule has 0 aliphatic carbocycles. The molecule has 9 heteroatoms. The third kappa shape index (κ3) is 6.77. The minimum atomic E-state index is -2.97. The number of hydrogen-bond donors (Lipinski definition) is 1. The van der Waals surface area contributed by atoms with Gasteiger partial charge in [0.25, 0.3) is 5.91 Å². The Balaban J connectivity index is 1.50. The van der Waals surface area contributed by atoms with Crippen molar-refractivity contribution in [2.24, 2.45) is 5.10 Å². The van der Waals surface area contributed by atoms with E-state index in [0.717, 1.165) is 11.1 Å². The highest BCUT2D eigenvalue weighted by molar-refractivity contribution is 5.83. The van der Waals surface area contributed by atoms with Crippen LogP contribution >= 0.6 is 0 Å². The fourth-order valence-electron chi connectivity index (χ4n) is 2.80. The molecule has 0 aromatic heterocycles. The highest BCUT2D eigenvalue weighted by Gasteiger charge is 2.10. The fraction of sp³-hybridized carbons (Fsp3) is 0.125. The van der Waals surface area contributed by atoms with E-state index in [0.29, 0.717) is 16.9 Å². The van der Waals surface area contributed by atoms with Crippen LogP contribution in [0.5, 0.6) is 17.2 Å². The van der Waals surface area contributed by atoms with E-state index in [-0.39, 0.29) is 18.1 Å². The van der Waals surface area contributed by atoms with E-state index >= 15 is 0 Å². The number of hydrogen-bond acceptors (Lipinski definition) is 6. The second kappa shape index (κ2) is 11.2. The van der Waals surface area contributed by atoms with Gasteiger partial charge in [0.05, 0.1) is 25.0 Å². The Hall–Kier alpha value is -4.45. The van der Waals surface area contributed by atoms with Gasteiger partial charge in [0.15, 0.2) is 18.1 Å². The molecule has 168 valence electrons. The van der Waals surface area contributed by atoms with Crippen LogP contribution in [0.4, 0.5) is 8.78 Å². The molecule has 0 saturated heterocycles. The Kier molecular flexibility index (Phi) is 7.91. The van der Waals surface area contributed by atoms with Gasteiger partial charge in [0.1, 0.15) is 5.75 Å². The molecule has 0 bridgehead atoms. The molecule has 0 fully saturated rings. The van der Waals surface area contributed by atoms with Gasteiger partial charge < -0.3 is 14.2 Å². The Morgan fingerprint density at radius 3 is 2.33 bits per heavy atom. The molecule has 0 atom stereocenters. The van der Waals surface area contributed by atoms with Crippen LogP contribution in [-0.2, 0) is 4.79 Å². The van der Waals surface area contributed by atoms with E-state index < -0.39 is 12.5 Å². The van der Waals surface area contributed by atoms with Crippen molar-refractivity contribution >= 4 is 12.1 Å². The Morgan fingerprint density at radius 1 is 1.06 bits per heavy atom. The maximum atomic E-state index is 12.4. The number of benzene rings is 3. The molecule has 0 saturated carbocycles. The number of rotatable bonds is 9. The smallest absolute Gasteiger partial charge is 0.387 e. The molecule has 1 N–H and O–H groups in total. The van der Waals surface area contributed by atoms with Crippen molar-refractivity contribution in [1.82, 2.24) is 5.43 Å². The zero-order chi connectivity index (χ0) is 23.6. The summed E-state index contributed by atoms with van der Waals surface area (Å²) in [6.45, 7) is -3.22. The first kappa shape index (κ1) is 23.2. The lowest BCUT2D eigenvalue weighted by Gasteiger charge is -2.10. The number of nitrogens with zero attached hydrogens (tertiary/aromatic N) is 2. The number of alkyl halides is 2. The second-order valence-corrected chi connectivity index (χ2v) is 6.58. The zero-order valence-corrected chi connectivity index (χ0v) is 17.5. The molecule has 33 heavy (non-hydrogen) atoms. The van der Waals surface area contributed by atoms with Gasteiger partial charge in [0, 0.05) is 0 Å². The summed E-state index contributed by atoms with van der Waals surface area (Å²) < 4.78 is 39.6. The first-order valence-corrected chi connectivity index (χ1v) is 9.66. The van der Waals surface area contributed by atoms with Crippen molar-refractivity contribution in [2.75, 3.05) is 13.7 Å². The topological polar surface area (TPSA) is 92.9 Å². The van der Waals surface area contributed by atoms with E-state index in [4.69, 9.17) is 14.7 Å². The van der Waals surface area contributed by atoms with E-state index in [2.05, 4.69) is 21.3 Å². The molecule has 0 radical (unpaired) electrons. The lowest BCUT2D eigenvalue weighted by Crippen LogP contribution is -2.24. The normalized spacial score (nSPS) is 10.6. The van der Waals surface area contributed by atoms with Gasteiger partial charge in [-0.3, -0.25) is 4.79 Å². The van der Waals surface area contributed by atoms with E-state index in [9.17, 15) is 13.6 Å². The monoisotopic (exact) mass is 451 g/mol. The summed E-state index contributed by atoms with van der Waals surface area (Å²) in [6.07, 6.45) is 1.33. The van der Waals surface area contributed by atoms with E-state index in [1.807, 2.05) is 24.3 Å². The Morgan fingerprint density at radius 2 is 1.73 bits per heavy atom. The number of carbonyl (C=O) groups excluding carboxylic acids is 1. The van der Waals surface area contributed by atoms with Gasteiger partial charge in [-0.25, -0.2) is 5.43 Å². The lowest BCUT2D eigenvalue weighted by molar-refractivity contribution is -0.123.